The van der Waals surface area contributed by atoms with E-state index in [4.69, 9.17) is 15.2 Å². The van der Waals surface area contributed by atoms with Gasteiger partial charge in [0.2, 0.25) is 0 Å². The highest BCUT2D eigenvalue weighted by atomic mass is 16.5. The van der Waals surface area contributed by atoms with Crippen molar-refractivity contribution >= 4 is 23.3 Å². The average Bonchev–Trinajstić information content (AvgIpc) is 2.57. The van der Waals surface area contributed by atoms with Crippen LogP contribution in [0.2, 0.25) is 0 Å². The minimum absolute atomic E-state index is 0.0202. The lowest BCUT2D eigenvalue weighted by molar-refractivity contribution is -0.121. The Labute approximate surface area is 133 Å². The Balaban J connectivity index is 1.92. The quantitative estimate of drug-likeness (QED) is 0.692. The van der Waals surface area contributed by atoms with Gasteiger partial charge in [-0.05, 0) is 35.9 Å². The number of hydrogen-bond acceptors (Lipinski definition) is 5. The fourth-order valence-corrected chi connectivity index (χ4v) is 2.49. The van der Waals surface area contributed by atoms with Gasteiger partial charge in [0.05, 0.1) is 24.9 Å². The van der Waals surface area contributed by atoms with E-state index in [-0.39, 0.29) is 12.5 Å². The lowest BCUT2D eigenvalue weighted by atomic mass is 10.1. The summed E-state index contributed by atoms with van der Waals surface area (Å²) < 4.78 is 10.1. The van der Waals surface area contributed by atoms with Gasteiger partial charge < -0.3 is 20.1 Å². The average molecular weight is 312 g/mol. The zero-order valence-corrected chi connectivity index (χ0v) is 12.6. The Morgan fingerprint density at radius 3 is 2.91 bits per heavy atom. The van der Waals surface area contributed by atoms with Crippen LogP contribution >= 0.6 is 0 Å². The molecule has 2 aromatic carbocycles. The summed E-state index contributed by atoms with van der Waals surface area (Å²) in [5.41, 5.74) is 8.25. The molecule has 0 radical (unpaired) electrons. The van der Waals surface area contributed by atoms with Crippen molar-refractivity contribution in [3.63, 3.8) is 0 Å². The molecule has 6 nitrogen and oxygen atoms in total. The third-order valence-electron chi connectivity index (χ3n) is 3.61. The zero-order valence-electron chi connectivity index (χ0n) is 12.6. The van der Waals surface area contributed by atoms with Crippen LogP contribution in [0, 0.1) is 0 Å². The van der Waals surface area contributed by atoms with Gasteiger partial charge in [-0.1, -0.05) is 12.1 Å². The fraction of sp³-hybridized carbons (Fsp3) is 0.176. The molecule has 2 aromatic rings. The lowest BCUT2D eigenvalue weighted by Gasteiger charge is -2.29. The number of esters is 1. The summed E-state index contributed by atoms with van der Waals surface area (Å²) in [6.07, 6.45) is 0. The van der Waals surface area contributed by atoms with Crippen molar-refractivity contribution in [2.45, 2.75) is 6.54 Å². The van der Waals surface area contributed by atoms with E-state index in [1.54, 1.807) is 41.3 Å². The highest BCUT2D eigenvalue weighted by Crippen LogP contribution is 2.34. The molecular formula is C17H16N2O4. The van der Waals surface area contributed by atoms with E-state index in [9.17, 15) is 9.59 Å². The van der Waals surface area contributed by atoms with Crippen molar-refractivity contribution in [3.05, 3.63) is 53.6 Å². The largest absolute Gasteiger partial charge is 0.482 e. The summed E-state index contributed by atoms with van der Waals surface area (Å²) in [5.74, 6) is 0.0410. The maximum atomic E-state index is 12.2. The molecular weight excluding hydrogens is 296 g/mol. The number of amides is 1. The number of fused-ring (bicyclic) bond motifs is 1. The molecule has 1 aliphatic heterocycles. The van der Waals surface area contributed by atoms with Crippen LogP contribution in [0.5, 0.6) is 5.75 Å². The molecule has 6 heteroatoms. The van der Waals surface area contributed by atoms with Gasteiger partial charge in [0.1, 0.15) is 5.75 Å². The van der Waals surface area contributed by atoms with E-state index < -0.39 is 5.97 Å². The molecule has 0 fully saturated rings. The van der Waals surface area contributed by atoms with Gasteiger partial charge in [0.15, 0.2) is 6.61 Å². The summed E-state index contributed by atoms with van der Waals surface area (Å²) in [6.45, 7) is 0.303. The van der Waals surface area contributed by atoms with Crippen molar-refractivity contribution in [3.8, 4) is 5.75 Å². The molecule has 0 aliphatic carbocycles. The number of nitrogen functional groups attached to an aromatic ring is 1. The number of nitrogens with zero attached hydrogens (tertiary/aromatic N) is 1. The molecule has 23 heavy (non-hydrogen) atoms. The standard InChI is InChI=1S/C17H16N2O4/c1-22-17(21)12-4-2-3-11(7-12)9-19-14-8-13(18)5-6-15(14)23-10-16(19)20/h2-8H,9-10,18H2,1H3. The topological polar surface area (TPSA) is 81.9 Å². The third-order valence-corrected chi connectivity index (χ3v) is 3.61. The Bertz CT molecular complexity index is 773. The van der Waals surface area contributed by atoms with Gasteiger partial charge >= 0.3 is 5.97 Å². The molecule has 0 spiro atoms. The predicted octanol–water partition coefficient (Wildman–Crippen LogP) is 1.98. The van der Waals surface area contributed by atoms with E-state index in [0.717, 1.165) is 5.56 Å². The molecule has 0 saturated heterocycles. The van der Waals surface area contributed by atoms with Crippen LogP contribution in [0.25, 0.3) is 0 Å². The molecule has 118 valence electrons. The van der Waals surface area contributed by atoms with Crippen molar-refractivity contribution in [2.24, 2.45) is 0 Å². The predicted molar refractivity (Wildman–Crippen MR) is 85.3 cm³/mol. The Kier molecular flexibility index (Phi) is 3.89. The molecule has 0 aromatic heterocycles. The molecule has 1 aliphatic rings. The van der Waals surface area contributed by atoms with Crippen molar-refractivity contribution in [1.82, 2.24) is 0 Å². The summed E-state index contributed by atoms with van der Waals surface area (Å²) >= 11 is 0. The molecule has 0 saturated carbocycles. The van der Waals surface area contributed by atoms with Crippen LogP contribution in [-0.2, 0) is 16.1 Å². The van der Waals surface area contributed by atoms with Gasteiger partial charge in [-0.15, -0.1) is 0 Å². The first-order valence-corrected chi connectivity index (χ1v) is 7.08. The number of benzene rings is 2. The van der Waals surface area contributed by atoms with Crippen LogP contribution in [0.4, 0.5) is 11.4 Å². The second kappa shape index (κ2) is 6.00. The van der Waals surface area contributed by atoms with Crippen LogP contribution in [-0.4, -0.2) is 25.6 Å². The molecule has 0 atom stereocenters. The first-order valence-electron chi connectivity index (χ1n) is 7.08. The highest BCUT2D eigenvalue weighted by molar-refractivity contribution is 5.98. The second-order valence-electron chi connectivity index (χ2n) is 5.19. The summed E-state index contributed by atoms with van der Waals surface area (Å²) in [7, 11) is 1.33. The maximum Gasteiger partial charge on any atom is 0.337 e. The molecule has 1 amide bonds. The number of anilines is 2. The first kappa shape index (κ1) is 14.9. The minimum atomic E-state index is -0.412. The van der Waals surface area contributed by atoms with Gasteiger partial charge in [-0.25, -0.2) is 4.79 Å². The summed E-state index contributed by atoms with van der Waals surface area (Å²) in [5, 5.41) is 0. The summed E-state index contributed by atoms with van der Waals surface area (Å²) in [4.78, 5) is 25.4. The third kappa shape index (κ3) is 2.96. The van der Waals surface area contributed by atoms with E-state index in [2.05, 4.69) is 0 Å². The van der Waals surface area contributed by atoms with Gasteiger partial charge in [-0.3, -0.25) is 4.79 Å². The Morgan fingerprint density at radius 1 is 1.30 bits per heavy atom. The van der Waals surface area contributed by atoms with Crippen molar-refractivity contribution in [2.75, 3.05) is 24.4 Å². The number of ether oxygens (including phenoxy) is 2. The van der Waals surface area contributed by atoms with E-state index in [1.165, 1.54) is 7.11 Å². The SMILES string of the molecule is COC(=O)c1cccc(CN2C(=O)COc3ccc(N)cc32)c1. The Hall–Kier alpha value is -3.02. The number of methoxy groups -OCH3 is 1. The fourth-order valence-electron chi connectivity index (χ4n) is 2.49. The van der Waals surface area contributed by atoms with E-state index in [1.807, 2.05) is 6.07 Å². The normalized spacial score (nSPS) is 13.3. The van der Waals surface area contributed by atoms with Gasteiger partial charge in [-0.2, -0.15) is 0 Å². The van der Waals surface area contributed by atoms with Crippen LogP contribution in [0.3, 0.4) is 0 Å². The van der Waals surface area contributed by atoms with Gasteiger partial charge in [0, 0.05) is 5.69 Å². The summed E-state index contributed by atoms with van der Waals surface area (Å²) in [6, 6.07) is 12.2. The Morgan fingerprint density at radius 2 is 2.13 bits per heavy atom. The monoisotopic (exact) mass is 312 g/mol. The number of rotatable bonds is 3. The lowest BCUT2D eigenvalue weighted by Crippen LogP contribution is -2.38. The van der Waals surface area contributed by atoms with Crippen molar-refractivity contribution < 1.29 is 19.1 Å². The van der Waals surface area contributed by atoms with Crippen molar-refractivity contribution in [1.29, 1.82) is 0 Å². The first-order chi connectivity index (χ1) is 11.1. The number of nitrogens with two attached hydrogens (primary N) is 1. The van der Waals surface area contributed by atoms with Gasteiger partial charge in [0.25, 0.3) is 5.91 Å². The minimum Gasteiger partial charge on any atom is -0.482 e. The van der Waals surface area contributed by atoms with Crippen LogP contribution in [0.1, 0.15) is 15.9 Å². The molecule has 0 unspecified atom stereocenters. The number of carbonyl (C=O) groups is 2. The van der Waals surface area contributed by atoms with E-state index in [0.29, 0.717) is 29.2 Å². The number of carbonyl (C=O) groups excluding carboxylic acids is 2. The van der Waals surface area contributed by atoms with Crippen LogP contribution in [0.15, 0.2) is 42.5 Å². The second-order valence-corrected chi connectivity index (χ2v) is 5.19. The van der Waals surface area contributed by atoms with Crippen LogP contribution < -0.4 is 15.4 Å². The number of hydrogen-bond donors (Lipinski definition) is 1. The zero-order chi connectivity index (χ0) is 16.4. The molecule has 3 rings (SSSR count). The molecule has 1 heterocycles. The van der Waals surface area contributed by atoms with E-state index >= 15 is 0 Å². The smallest absolute Gasteiger partial charge is 0.337 e. The molecule has 2 N–H and O–H groups in total. The maximum absolute atomic E-state index is 12.2. The molecule has 0 bridgehead atoms. The highest BCUT2D eigenvalue weighted by Gasteiger charge is 2.26.